The highest BCUT2D eigenvalue weighted by atomic mass is 15.1. The maximum atomic E-state index is 4.40. The molecule has 96 valence electrons. The Labute approximate surface area is 104 Å². The molecular weight excluding hydrogens is 212 g/mol. The SMILES string of the molecule is CCCCCN(C)Cc1cnc(NCC)cn1. The molecule has 4 heteroatoms. The summed E-state index contributed by atoms with van der Waals surface area (Å²) in [6, 6.07) is 0. The quantitative estimate of drug-likeness (QED) is 0.704. The highest BCUT2D eigenvalue weighted by Gasteiger charge is 2.02. The van der Waals surface area contributed by atoms with Crippen LogP contribution in [0.4, 0.5) is 5.82 Å². The van der Waals surface area contributed by atoms with Crippen molar-refractivity contribution in [2.24, 2.45) is 0 Å². The summed E-state index contributed by atoms with van der Waals surface area (Å²) in [6.45, 7) is 7.17. The second kappa shape index (κ2) is 8.01. The Bertz CT molecular complexity index is 297. The van der Waals surface area contributed by atoms with E-state index >= 15 is 0 Å². The standard InChI is InChI=1S/C13H24N4/c1-4-6-7-8-17(3)11-12-9-16-13(10-15-12)14-5-2/h9-10H,4-8,11H2,1-3H3,(H,14,16). The van der Waals surface area contributed by atoms with Gasteiger partial charge in [0.1, 0.15) is 5.82 Å². The number of anilines is 1. The maximum Gasteiger partial charge on any atom is 0.144 e. The first-order valence-electron chi connectivity index (χ1n) is 6.49. The molecule has 1 rings (SSSR count). The van der Waals surface area contributed by atoms with Crippen molar-refractivity contribution in [2.45, 2.75) is 39.7 Å². The van der Waals surface area contributed by atoms with Crippen LogP contribution in [-0.2, 0) is 6.54 Å². The summed E-state index contributed by atoms with van der Waals surface area (Å²) in [5.74, 6) is 0.852. The van der Waals surface area contributed by atoms with Gasteiger partial charge in [0.15, 0.2) is 0 Å². The molecule has 0 atom stereocenters. The first kappa shape index (κ1) is 13.9. The summed E-state index contributed by atoms with van der Waals surface area (Å²) in [5.41, 5.74) is 1.03. The Hall–Kier alpha value is -1.16. The lowest BCUT2D eigenvalue weighted by Gasteiger charge is -2.15. The van der Waals surface area contributed by atoms with Crippen molar-refractivity contribution in [3.8, 4) is 0 Å². The zero-order valence-electron chi connectivity index (χ0n) is 11.2. The molecule has 0 aliphatic heterocycles. The van der Waals surface area contributed by atoms with E-state index < -0.39 is 0 Å². The minimum absolute atomic E-state index is 0.852. The first-order chi connectivity index (χ1) is 8.26. The van der Waals surface area contributed by atoms with Gasteiger partial charge in [0.05, 0.1) is 18.1 Å². The topological polar surface area (TPSA) is 41.1 Å². The van der Waals surface area contributed by atoms with E-state index in [1.54, 1.807) is 6.20 Å². The van der Waals surface area contributed by atoms with Gasteiger partial charge in [0.2, 0.25) is 0 Å². The van der Waals surface area contributed by atoms with Gasteiger partial charge >= 0.3 is 0 Å². The summed E-state index contributed by atoms with van der Waals surface area (Å²) in [4.78, 5) is 11.0. The van der Waals surface area contributed by atoms with Gasteiger partial charge in [-0.25, -0.2) is 4.98 Å². The average Bonchev–Trinajstić information content (AvgIpc) is 2.32. The lowest BCUT2D eigenvalue weighted by Crippen LogP contribution is -2.20. The molecule has 0 aromatic carbocycles. The minimum Gasteiger partial charge on any atom is -0.369 e. The van der Waals surface area contributed by atoms with Crippen LogP contribution in [0.2, 0.25) is 0 Å². The number of aromatic nitrogens is 2. The van der Waals surface area contributed by atoms with Gasteiger partial charge in [-0.15, -0.1) is 0 Å². The molecule has 1 aromatic heterocycles. The van der Waals surface area contributed by atoms with Gasteiger partial charge in [-0.05, 0) is 26.9 Å². The van der Waals surface area contributed by atoms with Crippen LogP contribution in [0.3, 0.4) is 0 Å². The third-order valence-corrected chi connectivity index (χ3v) is 2.64. The van der Waals surface area contributed by atoms with Crippen LogP contribution in [0, 0.1) is 0 Å². The zero-order valence-corrected chi connectivity index (χ0v) is 11.2. The largest absolute Gasteiger partial charge is 0.369 e. The third kappa shape index (κ3) is 5.63. The van der Waals surface area contributed by atoms with Gasteiger partial charge in [-0.1, -0.05) is 19.8 Å². The van der Waals surface area contributed by atoms with E-state index in [4.69, 9.17) is 0 Å². The van der Waals surface area contributed by atoms with Crippen molar-refractivity contribution in [3.63, 3.8) is 0 Å². The van der Waals surface area contributed by atoms with E-state index in [1.165, 1.54) is 19.3 Å². The van der Waals surface area contributed by atoms with E-state index in [0.717, 1.165) is 31.1 Å². The Kier molecular flexibility index (Phi) is 6.55. The maximum absolute atomic E-state index is 4.40. The number of unbranched alkanes of at least 4 members (excludes halogenated alkanes) is 2. The highest BCUT2D eigenvalue weighted by Crippen LogP contribution is 2.04. The molecule has 0 saturated heterocycles. The lowest BCUT2D eigenvalue weighted by atomic mass is 10.2. The average molecular weight is 236 g/mol. The van der Waals surface area contributed by atoms with Crippen LogP contribution in [-0.4, -0.2) is 35.0 Å². The predicted molar refractivity (Wildman–Crippen MR) is 72.1 cm³/mol. The molecule has 0 fully saturated rings. The van der Waals surface area contributed by atoms with E-state index in [1.807, 2.05) is 6.20 Å². The number of hydrogen-bond acceptors (Lipinski definition) is 4. The molecule has 1 aromatic rings. The first-order valence-corrected chi connectivity index (χ1v) is 6.49. The fourth-order valence-electron chi connectivity index (χ4n) is 1.70. The molecule has 0 aliphatic carbocycles. The summed E-state index contributed by atoms with van der Waals surface area (Å²) in [6.07, 6.45) is 7.49. The monoisotopic (exact) mass is 236 g/mol. The van der Waals surface area contributed by atoms with Crippen molar-refractivity contribution in [1.29, 1.82) is 0 Å². The Balaban J connectivity index is 2.34. The molecule has 0 bridgehead atoms. The smallest absolute Gasteiger partial charge is 0.144 e. The lowest BCUT2D eigenvalue weighted by molar-refractivity contribution is 0.314. The third-order valence-electron chi connectivity index (χ3n) is 2.64. The normalized spacial score (nSPS) is 10.8. The number of nitrogens with zero attached hydrogens (tertiary/aromatic N) is 3. The van der Waals surface area contributed by atoms with Crippen molar-refractivity contribution < 1.29 is 0 Å². The zero-order chi connectivity index (χ0) is 12.5. The van der Waals surface area contributed by atoms with Crippen molar-refractivity contribution in [3.05, 3.63) is 18.1 Å². The molecule has 4 nitrogen and oxygen atoms in total. The van der Waals surface area contributed by atoms with Crippen LogP contribution in [0.1, 0.15) is 38.8 Å². The van der Waals surface area contributed by atoms with Crippen molar-refractivity contribution >= 4 is 5.82 Å². The van der Waals surface area contributed by atoms with Gasteiger partial charge in [0.25, 0.3) is 0 Å². The van der Waals surface area contributed by atoms with Crippen molar-refractivity contribution in [2.75, 3.05) is 25.5 Å². The second-order valence-electron chi connectivity index (χ2n) is 4.37. The fraction of sp³-hybridized carbons (Fsp3) is 0.692. The highest BCUT2D eigenvalue weighted by molar-refractivity contribution is 5.30. The molecule has 0 spiro atoms. The van der Waals surface area contributed by atoms with Crippen LogP contribution in [0.25, 0.3) is 0 Å². The number of hydrogen-bond donors (Lipinski definition) is 1. The van der Waals surface area contributed by atoms with Gasteiger partial charge in [-0.2, -0.15) is 0 Å². The summed E-state index contributed by atoms with van der Waals surface area (Å²) >= 11 is 0. The summed E-state index contributed by atoms with van der Waals surface area (Å²) < 4.78 is 0. The summed E-state index contributed by atoms with van der Waals surface area (Å²) in [5, 5.41) is 3.14. The molecule has 0 aliphatic rings. The fourth-order valence-corrected chi connectivity index (χ4v) is 1.70. The van der Waals surface area contributed by atoms with Gasteiger partial charge in [0, 0.05) is 13.1 Å². The predicted octanol–water partition coefficient (Wildman–Crippen LogP) is 2.53. The Morgan fingerprint density at radius 3 is 2.59 bits per heavy atom. The van der Waals surface area contributed by atoms with Gasteiger partial charge in [-0.3, -0.25) is 4.98 Å². The molecule has 0 unspecified atom stereocenters. The van der Waals surface area contributed by atoms with E-state index in [-0.39, 0.29) is 0 Å². The van der Waals surface area contributed by atoms with E-state index in [0.29, 0.717) is 0 Å². The van der Waals surface area contributed by atoms with Gasteiger partial charge < -0.3 is 10.2 Å². The number of rotatable bonds is 8. The van der Waals surface area contributed by atoms with Crippen LogP contribution < -0.4 is 5.32 Å². The van der Waals surface area contributed by atoms with Crippen LogP contribution in [0.5, 0.6) is 0 Å². The Morgan fingerprint density at radius 2 is 2.00 bits per heavy atom. The second-order valence-corrected chi connectivity index (χ2v) is 4.37. The van der Waals surface area contributed by atoms with Crippen LogP contribution in [0.15, 0.2) is 12.4 Å². The molecule has 1 N–H and O–H groups in total. The Morgan fingerprint density at radius 1 is 1.18 bits per heavy atom. The number of nitrogens with one attached hydrogen (secondary N) is 1. The molecule has 0 radical (unpaired) electrons. The molecular formula is C13H24N4. The van der Waals surface area contributed by atoms with Crippen molar-refractivity contribution in [1.82, 2.24) is 14.9 Å². The molecule has 0 amide bonds. The van der Waals surface area contributed by atoms with E-state index in [2.05, 4.69) is 41.1 Å². The molecule has 17 heavy (non-hydrogen) atoms. The minimum atomic E-state index is 0.852. The molecule has 0 saturated carbocycles. The van der Waals surface area contributed by atoms with Crippen LogP contribution >= 0.6 is 0 Å². The summed E-state index contributed by atoms with van der Waals surface area (Å²) in [7, 11) is 2.13. The molecule has 1 heterocycles. The van der Waals surface area contributed by atoms with E-state index in [9.17, 15) is 0 Å².